The number of carbonyl (C=O) groups is 4. The molecular formula is C64H124O17P2. The van der Waals surface area contributed by atoms with Crippen molar-refractivity contribution in [3.8, 4) is 0 Å². The maximum absolute atomic E-state index is 13.0. The van der Waals surface area contributed by atoms with Crippen LogP contribution in [0, 0.1) is 5.92 Å². The summed E-state index contributed by atoms with van der Waals surface area (Å²) in [5.41, 5.74) is 0. The molecule has 0 aromatic rings. The van der Waals surface area contributed by atoms with Gasteiger partial charge in [0.15, 0.2) is 12.2 Å². The summed E-state index contributed by atoms with van der Waals surface area (Å²) >= 11 is 0. The molecule has 0 aliphatic rings. The maximum Gasteiger partial charge on any atom is 0.472 e. The molecule has 19 heteroatoms. The zero-order chi connectivity index (χ0) is 61.3. The van der Waals surface area contributed by atoms with Crippen LogP contribution in [0.3, 0.4) is 0 Å². The van der Waals surface area contributed by atoms with E-state index in [0.29, 0.717) is 25.7 Å². The molecule has 492 valence electrons. The predicted molar refractivity (Wildman–Crippen MR) is 331 cm³/mol. The molecule has 0 bridgehead atoms. The molecule has 17 nitrogen and oxygen atoms in total. The molecule has 5 atom stereocenters. The minimum atomic E-state index is -4.94. The van der Waals surface area contributed by atoms with Crippen LogP contribution in [0.5, 0.6) is 0 Å². The summed E-state index contributed by atoms with van der Waals surface area (Å²) in [6.07, 6.45) is 41.7. The van der Waals surface area contributed by atoms with Crippen LogP contribution in [0.4, 0.5) is 0 Å². The van der Waals surface area contributed by atoms with Crippen molar-refractivity contribution in [1.29, 1.82) is 0 Å². The Morgan fingerprint density at radius 1 is 0.325 bits per heavy atom. The van der Waals surface area contributed by atoms with Crippen molar-refractivity contribution in [3.05, 3.63) is 0 Å². The van der Waals surface area contributed by atoms with Gasteiger partial charge in [0.05, 0.1) is 26.4 Å². The average Bonchev–Trinajstić information content (AvgIpc) is 3.47. The number of unbranched alkanes of at least 4 members (excludes halogenated alkanes) is 36. The van der Waals surface area contributed by atoms with Crippen molar-refractivity contribution >= 4 is 39.5 Å². The Balaban J connectivity index is 5.20. The van der Waals surface area contributed by atoms with Gasteiger partial charge in [-0.3, -0.25) is 37.3 Å². The summed E-state index contributed by atoms with van der Waals surface area (Å²) < 4.78 is 67.9. The minimum absolute atomic E-state index is 0.105. The zero-order valence-electron chi connectivity index (χ0n) is 53.3. The fraction of sp³-hybridized carbons (Fsp3) is 0.938. The first-order valence-electron chi connectivity index (χ1n) is 33.6. The first kappa shape index (κ1) is 81.1. The number of aliphatic hydroxyl groups is 1. The SMILES string of the molecule is CCCCCCCCCCCCCCCCC(=O)O[C@H](COC(=O)CCCCCCCCCCCCC(C)C)COP(=O)(O)OC[C@@H](O)COP(=O)(O)OC[C@@H](COC(=O)CCCCCCCCCC)OC(=O)CCCCCCCCCC. The number of hydrogen-bond donors (Lipinski definition) is 3. The van der Waals surface area contributed by atoms with Crippen molar-refractivity contribution in [1.82, 2.24) is 0 Å². The van der Waals surface area contributed by atoms with Gasteiger partial charge in [0.1, 0.15) is 19.3 Å². The molecule has 83 heavy (non-hydrogen) atoms. The maximum atomic E-state index is 13.0. The highest BCUT2D eigenvalue weighted by atomic mass is 31.2. The second kappa shape index (κ2) is 57.8. The summed E-state index contributed by atoms with van der Waals surface area (Å²) in [6, 6.07) is 0. The van der Waals surface area contributed by atoms with Gasteiger partial charge in [0.25, 0.3) is 0 Å². The first-order chi connectivity index (χ1) is 40.0. The number of rotatable bonds is 64. The molecule has 0 fully saturated rings. The molecule has 0 rings (SSSR count). The monoisotopic (exact) mass is 1230 g/mol. The van der Waals surface area contributed by atoms with Gasteiger partial charge < -0.3 is 33.8 Å². The van der Waals surface area contributed by atoms with Crippen molar-refractivity contribution in [3.63, 3.8) is 0 Å². The predicted octanol–water partition coefficient (Wildman–Crippen LogP) is 17.8. The van der Waals surface area contributed by atoms with Crippen LogP contribution in [0.25, 0.3) is 0 Å². The van der Waals surface area contributed by atoms with E-state index in [1.807, 2.05) is 0 Å². The second-order valence-corrected chi connectivity index (χ2v) is 26.5. The number of phosphoric ester groups is 2. The van der Waals surface area contributed by atoms with Crippen LogP contribution in [0.1, 0.15) is 324 Å². The Bertz CT molecular complexity index is 1620. The Morgan fingerprint density at radius 2 is 0.554 bits per heavy atom. The van der Waals surface area contributed by atoms with Crippen LogP contribution in [-0.4, -0.2) is 96.7 Å². The highest BCUT2D eigenvalue weighted by Gasteiger charge is 2.30. The van der Waals surface area contributed by atoms with E-state index in [9.17, 15) is 43.2 Å². The van der Waals surface area contributed by atoms with E-state index in [4.69, 9.17) is 37.0 Å². The summed E-state index contributed by atoms with van der Waals surface area (Å²) in [5, 5.41) is 10.5. The number of carbonyl (C=O) groups excluding carboxylic acids is 4. The van der Waals surface area contributed by atoms with Crippen LogP contribution < -0.4 is 0 Å². The Morgan fingerprint density at radius 3 is 0.819 bits per heavy atom. The lowest BCUT2D eigenvalue weighted by molar-refractivity contribution is -0.161. The quantitative estimate of drug-likeness (QED) is 0.0222. The summed E-state index contributed by atoms with van der Waals surface area (Å²) in [5.74, 6) is -1.38. The number of hydrogen-bond acceptors (Lipinski definition) is 15. The Hall–Kier alpha value is -1.94. The van der Waals surface area contributed by atoms with Gasteiger partial charge in [-0.2, -0.15) is 0 Å². The molecular weight excluding hydrogens is 1100 g/mol. The molecule has 0 heterocycles. The third-order valence-electron chi connectivity index (χ3n) is 14.8. The van der Waals surface area contributed by atoms with Gasteiger partial charge in [0, 0.05) is 25.7 Å². The summed E-state index contributed by atoms with van der Waals surface area (Å²) in [6.45, 7) is 7.14. The molecule has 0 aromatic heterocycles. The third kappa shape index (κ3) is 58.8. The van der Waals surface area contributed by atoms with Gasteiger partial charge >= 0.3 is 39.5 Å². The third-order valence-corrected chi connectivity index (χ3v) is 16.7. The number of aliphatic hydroxyl groups excluding tert-OH is 1. The topological polar surface area (TPSA) is 237 Å². The molecule has 0 spiro atoms. The van der Waals surface area contributed by atoms with E-state index < -0.39 is 97.5 Å². The van der Waals surface area contributed by atoms with E-state index in [2.05, 4.69) is 34.6 Å². The lowest BCUT2D eigenvalue weighted by Gasteiger charge is -2.21. The molecule has 0 saturated heterocycles. The highest BCUT2D eigenvalue weighted by Crippen LogP contribution is 2.45. The van der Waals surface area contributed by atoms with E-state index in [0.717, 1.165) is 109 Å². The molecule has 0 aromatic carbocycles. The van der Waals surface area contributed by atoms with Gasteiger partial charge in [-0.25, -0.2) is 9.13 Å². The molecule has 0 radical (unpaired) electrons. The fourth-order valence-corrected chi connectivity index (χ4v) is 11.2. The highest BCUT2D eigenvalue weighted by molar-refractivity contribution is 7.47. The molecule has 0 amide bonds. The van der Waals surface area contributed by atoms with Crippen molar-refractivity contribution in [2.45, 2.75) is 342 Å². The average molecular weight is 1230 g/mol. The summed E-state index contributed by atoms with van der Waals surface area (Å²) in [7, 11) is -9.88. The van der Waals surface area contributed by atoms with Gasteiger partial charge in [0.2, 0.25) is 0 Å². The Kier molecular flexibility index (Phi) is 56.4. The standard InChI is InChI=1S/C64H124O17P2/c1-6-9-12-15-18-21-22-23-24-25-30-35-40-45-50-64(69)81-60(54-75-62(67)48-43-38-34-29-27-26-28-31-36-41-46-57(4)5)56-79-83(72,73)77-52-58(65)51-76-82(70,71)78-55-59(80-63(68)49-44-39-33-20-17-14-11-8-3)53-74-61(66)47-42-37-32-19-16-13-10-7-2/h57-60,65H,6-56H2,1-5H3,(H,70,71)(H,72,73)/t58-,59+,60+/m0/s1. The van der Waals surface area contributed by atoms with E-state index in [1.54, 1.807) is 0 Å². The van der Waals surface area contributed by atoms with Gasteiger partial charge in [-0.1, -0.05) is 272 Å². The van der Waals surface area contributed by atoms with E-state index in [1.165, 1.54) is 135 Å². The first-order valence-corrected chi connectivity index (χ1v) is 36.6. The summed E-state index contributed by atoms with van der Waals surface area (Å²) in [4.78, 5) is 72.1. The molecule has 0 aliphatic heterocycles. The largest absolute Gasteiger partial charge is 0.472 e. The van der Waals surface area contributed by atoms with Crippen molar-refractivity contribution in [2.75, 3.05) is 39.6 Å². The second-order valence-electron chi connectivity index (χ2n) is 23.6. The van der Waals surface area contributed by atoms with E-state index >= 15 is 0 Å². The Labute approximate surface area is 505 Å². The normalized spacial score (nSPS) is 14.2. The van der Waals surface area contributed by atoms with Crippen molar-refractivity contribution < 1.29 is 80.2 Å². The molecule has 2 unspecified atom stereocenters. The minimum Gasteiger partial charge on any atom is -0.462 e. The number of ether oxygens (including phenoxy) is 4. The van der Waals surface area contributed by atoms with Crippen molar-refractivity contribution in [2.24, 2.45) is 5.92 Å². The number of phosphoric acid groups is 2. The molecule has 0 saturated carbocycles. The van der Waals surface area contributed by atoms with Crippen LogP contribution in [0.2, 0.25) is 0 Å². The zero-order valence-corrected chi connectivity index (χ0v) is 55.1. The fourth-order valence-electron chi connectivity index (χ4n) is 9.58. The lowest BCUT2D eigenvalue weighted by Crippen LogP contribution is -2.30. The smallest absolute Gasteiger partial charge is 0.462 e. The molecule has 0 aliphatic carbocycles. The number of esters is 4. The van der Waals surface area contributed by atoms with Crippen LogP contribution >= 0.6 is 15.6 Å². The van der Waals surface area contributed by atoms with E-state index in [-0.39, 0.29) is 25.7 Å². The van der Waals surface area contributed by atoms with Gasteiger partial charge in [-0.05, 0) is 31.6 Å². The van der Waals surface area contributed by atoms with Crippen LogP contribution in [-0.2, 0) is 65.4 Å². The lowest BCUT2D eigenvalue weighted by atomic mass is 10.0. The van der Waals surface area contributed by atoms with Gasteiger partial charge in [-0.15, -0.1) is 0 Å². The molecule has 3 N–H and O–H groups in total. The van der Waals surface area contributed by atoms with Crippen LogP contribution in [0.15, 0.2) is 0 Å².